The molecule has 0 N–H and O–H groups in total. The second-order valence-corrected chi connectivity index (χ2v) is 5.53. The minimum absolute atomic E-state index is 0.0197. The number of hydrogen-bond donors (Lipinski definition) is 0. The summed E-state index contributed by atoms with van der Waals surface area (Å²) in [5, 5.41) is 6.16. The molecule has 2 aliphatic rings. The SMILES string of the molecule is C=C(C)CN1N=C(c2ccccc2)[C@@H]2C=CC=C[C@@H]2C1=O. The molecule has 0 saturated carbocycles. The maximum atomic E-state index is 12.6. The van der Waals surface area contributed by atoms with Gasteiger partial charge in [-0.1, -0.05) is 66.8 Å². The van der Waals surface area contributed by atoms with Gasteiger partial charge in [0.05, 0.1) is 18.2 Å². The molecule has 3 rings (SSSR count). The van der Waals surface area contributed by atoms with Gasteiger partial charge in [0.2, 0.25) is 0 Å². The van der Waals surface area contributed by atoms with Crippen molar-refractivity contribution in [2.75, 3.05) is 6.54 Å². The van der Waals surface area contributed by atoms with E-state index in [1.165, 1.54) is 0 Å². The molecule has 21 heavy (non-hydrogen) atoms. The highest BCUT2D eigenvalue weighted by atomic mass is 16.2. The summed E-state index contributed by atoms with van der Waals surface area (Å²) in [7, 11) is 0. The van der Waals surface area contributed by atoms with Crippen LogP contribution in [0.1, 0.15) is 12.5 Å². The van der Waals surface area contributed by atoms with Crippen molar-refractivity contribution in [2.45, 2.75) is 6.92 Å². The molecule has 106 valence electrons. The molecule has 1 aliphatic carbocycles. The molecule has 1 aromatic rings. The summed E-state index contributed by atoms with van der Waals surface area (Å²) in [5.74, 6) is -0.100. The van der Waals surface area contributed by atoms with E-state index in [-0.39, 0.29) is 17.7 Å². The Morgan fingerprint density at radius 2 is 1.86 bits per heavy atom. The Balaban J connectivity index is 2.05. The Hall–Kier alpha value is -2.42. The van der Waals surface area contributed by atoms with Gasteiger partial charge in [0.15, 0.2) is 0 Å². The summed E-state index contributed by atoms with van der Waals surface area (Å²) in [5.41, 5.74) is 2.93. The maximum absolute atomic E-state index is 12.6. The first-order chi connectivity index (χ1) is 10.2. The van der Waals surface area contributed by atoms with Crippen LogP contribution in [0.25, 0.3) is 0 Å². The third-order valence-corrected chi connectivity index (χ3v) is 3.71. The van der Waals surface area contributed by atoms with Crippen LogP contribution in [0.4, 0.5) is 0 Å². The third-order valence-electron chi connectivity index (χ3n) is 3.71. The van der Waals surface area contributed by atoms with E-state index in [1.54, 1.807) is 5.01 Å². The van der Waals surface area contributed by atoms with Crippen molar-refractivity contribution < 1.29 is 4.79 Å². The highest BCUT2D eigenvalue weighted by molar-refractivity contribution is 6.08. The second-order valence-electron chi connectivity index (χ2n) is 5.53. The molecular formula is C18H18N2O. The van der Waals surface area contributed by atoms with Crippen molar-refractivity contribution in [1.82, 2.24) is 5.01 Å². The number of amides is 1. The van der Waals surface area contributed by atoms with E-state index in [9.17, 15) is 4.79 Å². The van der Waals surface area contributed by atoms with Crippen molar-refractivity contribution in [1.29, 1.82) is 0 Å². The number of carbonyl (C=O) groups excluding carboxylic acids is 1. The van der Waals surface area contributed by atoms with E-state index >= 15 is 0 Å². The van der Waals surface area contributed by atoms with Gasteiger partial charge in [-0.15, -0.1) is 0 Å². The van der Waals surface area contributed by atoms with Crippen LogP contribution in [-0.2, 0) is 4.79 Å². The fourth-order valence-corrected chi connectivity index (χ4v) is 2.75. The number of rotatable bonds is 3. The highest BCUT2D eigenvalue weighted by Gasteiger charge is 2.37. The molecule has 0 fully saturated rings. The first-order valence-corrected chi connectivity index (χ1v) is 7.11. The van der Waals surface area contributed by atoms with E-state index in [0.29, 0.717) is 6.54 Å². The number of fused-ring (bicyclic) bond motifs is 1. The third kappa shape index (κ3) is 2.59. The predicted octanol–water partition coefficient (Wildman–Crippen LogP) is 3.17. The fraction of sp³-hybridized carbons (Fsp3) is 0.222. The van der Waals surface area contributed by atoms with Gasteiger partial charge in [0, 0.05) is 5.92 Å². The summed E-state index contributed by atoms with van der Waals surface area (Å²) in [6.45, 7) is 6.27. The normalized spacial score (nSPS) is 23.8. The van der Waals surface area contributed by atoms with E-state index in [2.05, 4.69) is 17.8 Å². The number of hydrogen-bond acceptors (Lipinski definition) is 2. The quantitative estimate of drug-likeness (QED) is 0.782. The Labute approximate surface area is 125 Å². The zero-order valence-electron chi connectivity index (χ0n) is 12.1. The molecule has 1 aliphatic heterocycles. The minimum Gasteiger partial charge on any atom is -0.272 e. The second kappa shape index (κ2) is 5.52. The van der Waals surface area contributed by atoms with Gasteiger partial charge in [0.1, 0.15) is 0 Å². The van der Waals surface area contributed by atoms with Crippen molar-refractivity contribution in [3.63, 3.8) is 0 Å². The maximum Gasteiger partial charge on any atom is 0.250 e. The number of nitrogens with zero attached hydrogens (tertiary/aromatic N) is 2. The lowest BCUT2D eigenvalue weighted by molar-refractivity contribution is -0.135. The lowest BCUT2D eigenvalue weighted by Crippen LogP contribution is -2.44. The van der Waals surface area contributed by atoms with Crippen LogP contribution in [0.3, 0.4) is 0 Å². The van der Waals surface area contributed by atoms with Gasteiger partial charge in [-0.2, -0.15) is 5.10 Å². The van der Waals surface area contributed by atoms with Crippen molar-refractivity contribution in [3.05, 3.63) is 72.4 Å². The highest BCUT2D eigenvalue weighted by Crippen LogP contribution is 2.31. The van der Waals surface area contributed by atoms with Crippen LogP contribution in [0.5, 0.6) is 0 Å². The first kappa shape index (κ1) is 13.6. The number of benzene rings is 1. The Kier molecular flexibility index (Phi) is 3.57. The Morgan fingerprint density at radius 3 is 2.52 bits per heavy atom. The van der Waals surface area contributed by atoms with Crippen molar-refractivity contribution in [3.8, 4) is 0 Å². The van der Waals surface area contributed by atoms with Crippen molar-refractivity contribution >= 4 is 11.6 Å². The molecule has 1 amide bonds. The standard InChI is InChI=1S/C18H18N2O/c1-13(2)12-20-18(21)16-11-7-6-10-15(16)17(19-20)14-8-4-3-5-9-14/h3-11,15-16H,1,12H2,2H3/t15-,16+/m1/s1. The van der Waals surface area contributed by atoms with Gasteiger partial charge >= 0.3 is 0 Å². The van der Waals surface area contributed by atoms with E-state index in [1.807, 2.05) is 55.5 Å². The van der Waals surface area contributed by atoms with Gasteiger partial charge in [-0.3, -0.25) is 4.79 Å². The number of hydrazone groups is 1. The Morgan fingerprint density at radius 1 is 1.19 bits per heavy atom. The fourth-order valence-electron chi connectivity index (χ4n) is 2.75. The molecule has 1 aromatic carbocycles. The van der Waals surface area contributed by atoms with Gasteiger partial charge in [-0.25, -0.2) is 5.01 Å². The summed E-state index contributed by atoms with van der Waals surface area (Å²) >= 11 is 0. The average Bonchev–Trinajstić information content (AvgIpc) is 2.51. The molecular weight excluding hydrogens is 260 g/mol. The van der Waals surface area contributed by atoms with Gasteiger partial charge in [-0.05, 0) is 12.5 Å². The zero-order chi connectivity index (χ0) is 14.8. The number of allylic oxidation sites excluding steroid dienone is 3. The number of carbonyl (C=O) groups is 1. The van der Waals surface area contributed by atoms with Crippen LogP contribution < -0.4 is 0 Å². The molecule has 2 atom stereocenters. The van der Waals surface area contributed by atoms with Crippen LogP contribution >= 0.6 is 0 Å². The molecule has 3 nitrogen and oxygen atoms in total. The average molecular weight is 278 g/mol. The Bertz CT molecular complexity index is 655. The van der Waals surface area contributed by atoms with Gasteiger partial charge in [0.25, 0.3) is 5.91 Å². The van der Waals surface area contributed by atoms with Crippen LogP contribution in [-0.4, -0.2) is 23.2 Å². The molecule has 0 aromatic heterocycles. The topological polar surface area (TPSA) is 32.7 Å². The molecule has 0 radical (unpaired) electrons. The monoisotopic (exact) mass is 278 g/mol. The first-order valence-electron chi connectivity index (χ1n) is 7.11. The van der Waals surface area contributed by atoms with E-state index in [4.69, 9.17) is 0 Å². The summed E-state index contributed by atoms with van der Waals surface area (Å²) in [4.78, 5) is 12.6. The molecule has 0 saturated heterocycles. The summed E-state index contributed by atoms with van der Waals surface area (Å²) in [6, 6.07) is 10.1. The van der Waals surface area contributed by atoms with Crippen LogP contribution in [0, 0.1) is 11.8 Å². The summed E-state index contributed by atoms with van der Waals surface area (Å²) in [6.07, 6.45) is 7.95. The minimum atomic E-state index is -0.165. The molecule has 0 bridgehead atoms. The van der Waals surface area contributed by atoms with Crippen LogP contribution in [0.15, 0.2) is 71.9 Å². The van der Waals surface area contributed by atoms with Crippen LogP contribution in [0.2, 0.25) is 0 Å². The van der Waals surface area contributed by atoms with E-state index in [0.717, 1.165) is 16.8 Å². The van der Waals surface area contributed by atoms with E-state index < -0.39 is 0 Å². The lowest BCUT2D eigenvalue weighted by atomic mass is 9.80. The van der Waals surface area contributed by atoms with Gasteiger partial charge < -0.3 is 0 Å². The molecule has 1 heterocycles. The molecule has 0 unspecified atom stereocenters. The largest absolute Gasteiger partial charge is 0.272 e. The molecule has 3 heteroatoms. The molecule has 0 spiro atoms. The summed E-state index contributed by atoms with van der Waals surface area (Å²) < 4.78 is 0. The smallest absolute Gasteiger partial charge is 0.250 e. The lowest BCUT2D eigenvalue weighted by Gasteiger charge is -2.34. The van der Waals surface area contributed by atoms with Crippen molar-refractivity contribution in [2.24, 2.45) is 16.9 Å². The predicted molar refractivity (Wildman–Crippen MR) is 84.8 cm³/mol. The zero-order valence-corrected chi connectivity index (χ0v) is 12.1.